The average molecular weight is 287 g/mol. The Hall–Kier alpha value is -2.06. The quantitative estimate of drug-likeness (QED) is 0.739. The molecule has 0 spiro atoms. The van der Waals surface area contributed by atoms with Gasteiger partial charge in [-0.2, -0.15) is 5.26 Å². The largest absolute Gasteiger partial charge is 0.497 e. The highest BCUT2D eigenvalue weighted by Crippen LogP contribution is 2.28. The maximum Gasteiger partial charge on any atom is 0.234 e. The number of benzene rings is 1. The van der Waals surface area contributed by atoms with E-state index in [9.17, 15) is 4.79 Å². The second-order valence-electron chi connectivity index (χ2n) is 5.24. The molecule has 0 aromatic heterocycles. The fourth-order valence-electron chi connectivity index (χ4n) is 2.22. The van der Waals surface area contributed by atoms with Crippen molar-refractivity contribution in [1.29, 1.82) is 5.26 Å². The number of rotatable bonds is 8. The summed E-state index contributed by atoms with van der Waals surface area (Å²) in [4.78, 5) is 14.1. The summed E-state index contributed by atoms with van der Waals surface area (Å²) >= 11 is 0. The maximum atomic E-state index is 11.9. The molecular formula is C16H21N3O2. The van der Waals surface area contributed by atoms with Gasteiger partial charge < -0.3 is 10.1 Å². The molecule has 5 nitrogen and oxygen atoms in total. The highest BCUT2D eigenvalue weighted by atomic mass is 16.5. The Morgan fingerprint density at radius 2 is 2.14 bits per heavy atom. The fraction of sp³-hybridized carbons (Fsp3) is 0.500. The normalized spacial score (nSPS) is 13.8. The zero-order valence-corrected chi connectivity index (χ0v) is 12.3. The summed E-state index contributed by atoms with van der Waals surface area (Å²) in [5.41, 5.74) is 1.17. The summed E-state index contributed by atoms with van der Waals surface area (Å²) in [5.74, 6) is 0.830. The van der Waals surface area contributed by atoms with Gasteiger partial charge in [0.25, 0.3) is 0 Å². The number of nitrogens with one attached hydrogen (secondary N) is 1. The number of carbonyl (C=O) groups is 1. The lowest BCUT2D eigenvalue weighted by Crippen LogP contribution is -2.38. The number of nitrogens with zero attached hydrogens (tertiary/aromatic N) is 2. The van der Waals surface area contributed by atoms with Crippen LogP contribution in [0.4, 0.5) is 0 Å². The zero-order chi connectivity index (χ0) is 15.1. The van der Waals surface area contributed by atoms with Crippen molar-refractivity contribution < 1.29 is 9.53 Å². The van der Waals surface area contributed by atoms with Crippen molar-refractivity contribution in [2.24, 2.45) is 0 Å². The van der Waals surface area contributed by atoms with Crippen molar-refractivity contribution in [3.8, 4) is 11.8 Å². The molecule has 0 unspecified atom stereocenters. The van der Waals surface area contributed by atoms with Crippen molar-refractivity contribution in [3.05, 3.63) is 29.8 Å². The van der Waals surface area contributed by atoms with Crippen LogP contribution in [0.3, 0.4) is 0 Å². The van der Waals surface area contributed by atoms with Crippen LogP contribution >= 0.6 is 0 Å². The number of ether oxygens (including phenoxy) is 1. The summed E-state index contributed by atoms with van der Waals surface area (Å²) in [5, 5.41) is 11.3. The number of carbonyl (C=O) groups excluding carboxylic acids is 1. The number of hydrogen-bond acceptors (Lipinski definition) is 4. The van der Waals surface area contributed by atoms with Crippen molar-refractivity contribution >= 4 is 5.91 Å². The summed E-state index contributed by atoms with van der Waals surface area (Å²) < 4.78 is 5.15. The fourth-order valence-corrected chi connectivity index (χ4v) is 2.22. The molecular weight excluding hydrogens is 266 g/mol. The summed E-state index contributed by atoms with van der Waals surface area (Å²) in [6.07, 6.45) is 2.66. The minimum absolute atomic E-state index is 0.00865. The molecule has 0 atom stereocenters. The summed E-state index contributed by atoms with van der Waals surface area (Å²) in [6.45, 7) is 1.58. The lowest BCUT2D eigenvalue weighted by atomic mass is 10.2. The van der Waals surface area contributed by atoms with Gasteiger partial charge in [0.1, 0.15) is 5.75 Å². The van der Waals surface area contributed by atoms with E-state index in [1.165, 1.54) is 5.56 Å². The van der Waals surface area contributed by atoms with Crippen molar-refractivity contribution in [1.82, 2.24) is 10.2 Å². The third-order valence-corrected chi connectivity index (χ3v) is 3.51. The third kappa shape index (κ3) is 5.09. The van der Waals surface area contributed by atoms with Crippen LogP contribution in [-0.4, -0.2) is 37.0 Å². The topological polar surface area (TPSA) is 65.4 Å². The molecule has 0 radical (unpaired) electrons. The molecule has 5 heteroatoms. The molecule has 0 heterocycles. The standard InChI is InChI=1S/C16H21N3O2/c1-21-15-7-3-13(4-8-15)11-19(14-5-6-14)12-16(20)18-10-2-9-17/h3-4,7-8,14H,2,5-6,10-12H2,1H3,(H,18,20). The second kappa shape index (κ2) is 7.65. The molecule has 0 bridgehead atoms. The van der Waals surface area contributed by atoms with Crippen LogP contribution in [0.1, 0.15) is 24.8 Å². The molecule has 0 aliphatic heterocycles. The molecule has 112 valence electrons. The Labute approximate surface area is 125 Å². The van der Waals surface area contributed by atoms with Crippen LogP contribution < -0.4 is 10.1 Å². The zero-order valence-electron chi connectivity index (χ0n) is 12.3. The lowest BCUT2D eigenvalue weighted by Gasteiger charge is -2.21. The molecule has 1 N–H and O–H groups in total. The van der Waals surface area contributed by atoms with Gasteiger partial charge >= 0.3 is 0 Å². The van der Waals surface area contributed by atoms with E-state index >= 15 is 0 Å². The number of hydrogen-bond donors (Lipinski definition) is 1. The first-order valence-electron chi connectivity index (χ1n) is 7.23. The van der Waals surface area contributed by atoms with E-state index in [0.29, 0.717) is 25.6 Å². The van der Waals surface area contributed by atoms with E-state index in [-0.39, 0.29) is 5.91 Å². The first-order valence-corrected chi connectivity index (χ1v) is 7.23. The molecule has 2 rings (SSSR count). The van der Waals surface area contributed by atoms with Crippen molar-refractivity contribution in [2.75, 3.05) is 20.2 Å². The van der Waals surface area contributed by atoms with E-state index in [2.05, 4.69) is 10.2 Å². The Morgan fingerprint density at radius 3 is 2.71 bits per heavy atom. The van der Waals surface area contributed by atoms with E-state index in [1.54, 1.807) is 7.11 Å². The van der Waals surface area contributed by atoms with E-state index in [0.717, 1.165) is 25.1 Å². The Bertz CT molecular complexity index is 503. The third-order valence-electron chi connectivity index (χ3n) is 3.51. The minimum atomic E-state index is -0.00865. The predicted octanol–water partition coefficient (Wildman–Crippen LogP) is 1.69. The van der Waals surface area contributed by atoms with Gasteiger partial charge in [-0.25, -0.2) is 0 Å². The van der Waals surface area contributed by atoms with Gasteiger partial charge in [0.2, 0.25) is 5.91 Å². The van der Waals surface area contributed by atoms with Crippen molar-refractivity contribution in [2.45, 2.75) is 31.8 Å². The molecule has 21 heavy (non-hydrogen) atoms. The Balaban J connectivity index is 1.86. The number of amides is 1. The Kier molecular flexibility index (Phi) is 5.59. The minimum Gasteiger partial charge on any atom is -0.497 e. The van der Waals surface area contributed by atoms with Gasteiger partial charge in [-0.05, 0) is 30.5 Å². The highest BCUT2D eigenvalue weighted by molar-refractivity contribution is 5.78. The molecule has 1 aliphatic rings. The molecule has 1 aromatic rings. The summed E-state index contributed by atoms with van der Waals surface area (Å²) in [7, 11) is 1.65. The molecule has 0 saturated heterocycles. The molecule has 1 aliphatic carbocycles. The van der Waals surface area contributed by atoms with Gasteiger partial charge in [-0.15, -0.1) is 0 Å². The van der Waals surface area contributed by atoms with Crippen LogP contribution in [0.15, 0.2) is 24.3 Å². The first-order chi connectivity index (χ1) is 10.2. The molecule has 1 saturated carbocycles. The second-order valence-corrected chi connectivity index (χ2v) is 5.24. The first kappa shape index (κ1) is 15.3. The molecule has 1 fully saturated rings. The molecule has 1 amide bonds. The number of nitriles is 1. The van der Waals surface area contributed by atoms with Crippen LogP contribution in [0.5, 0.6) is 5.75 Å². The van der Waals surface area contributed by atoms with Gasteiger partial charge in [0.05, 0.1) is 26.1 Å². The predicted molar refractivity (Wildman–Crippen MR) is 79.7 cm³/mol. The van der Waals surface area contributed by atoms with E-state index in [1.807, 2.05) is 30.3 Å². The average Bonchev–Trinajstić information content (AvgIpc) is 3.32. The summed E-state index contributed by atoms with van der Waals surface area (Å²) in [6, 6.07) is 10.5. The van der Waals surface area contributed by atoms with Gasteiger partial charge in [-0.3, -0.25) is 9.69 Å². The van der Waals surface area contributed by atoms with Gasteiger partial charge in [0, 0.05) is 19.1 Å². The molecule has 1 aromatic carbocycles. The van der Waals surface area contributed by atoms with E-state index < -0.39 is 0 Å². The van der Waals surface area contributed by atoms with Crippen LogP contribution in [0.25, 0.3) is 0 Å². The lowest BCUT2D eigenvalue weighted by molar-refractivity contribution is -0.122. The van der Waals surface area contributed by atoms with E-state index in [4.69, 9.17) is 10.00 Å². The SMILES string of the molecule is COc1ccc(CN(CC(=O)NCCC#N)C2CC2)cc1. The van der Waals surface area contributed by atoms with Gasteiger partial charge in [0.15, 0.2) is 0 Å². The van der Waals surface area contributed by atoms with Crippen molar-refractivity contribution in [3.63, 3.8) is 0 Å². The van der Waals surface area contributed by atoms with Gasteiger partial charge in [-0.1, -0.05) is 12.1 Å². The smallest absolute Gasteiger partial charge is 0.234 e. The highest BCUT2D eigenvalue weighted by Gasteiger charge is 2.30. The van der Waals surface area contributed by atoms with Crippen LogP contribution in [0.2, 0.25) is 0 Å². The Morgan fingerprint density at radius 1 is 1.43 bits per heavy atom. The van der Waals surface area contributed by atoms with Crippen LogP contribution in [0, 0.1) is 11.3 Å². The van der Waals surface area contributed by atoms with Crippen LogP contribution in [-0.2, 0) is 11.3 Å². The number of methoxy groups -OCH3 is 1. The maximum absolute atomic E-state index is 11.9. The monoisotopic (exact) mass is 287 g/mol.